The molecule has 3 rings (SSSR count). The zero-order valence-corrected chi connectivity index (χ0v) is 14.2. The number of rotatable bonds is 5. The van der Waals surface area contributed by atoms with Gasteiger partial charge in [0.15, 0.2) is 6.10 Å². The molecule has 1 saturated heterocycles. The molecule has 0 bridgehead atoms. The number of benzene rings is 1. The first-order valence-corrected chi connectivity index (χ1v) is 8.41. The zero-order chi connectivity index (χ0) is 17.1. The minimum Gasteiger partial charge on any atom is -0.479 e. The summed E-state index contributed by atoms with van der Waals surface area (Å²) in [6.45, 7) is 4.70. The molecule has 1 fully saturated rings. The lowest BCUT2D eigenvalue weighted by Gasteiger charge is -2.34. The Bertz CT molecular complexity index is 724. The normalized spacial score (nSPS) is 17.9. The van der Waals surface area contributed by atoms with Gasteiger partial charge >= 0.3 is 5.97 Å². The lowest BCUT2D eigenvalue weighted by atomic mass is 9.91. The molecule has 2 heterocycles. The van der Waals surface area contributed by atoms with Gasteiger partial charge in [-0.05, 0) is 62.5 Å². The molecule has 0 saturated carbocycles. The number of methoxy groups -OCH3 is 1. The minimum absolute atomic E-state index is 0.104. The average Bonchev–Trinajstić information content (AvgIpc) is 2.57. The summed E-state index contributed by atoms with van der Waals surface area (Å²) in [4.78, 5) is 18.1. The molecule has 1 aromatic heterocycles. The van der Waals surface area contributed by atoms with Crippen LogP contribution in [0.3, 0.4) is 0 Å². The summed E-state index contributed by atoms with van der Waals surface area (Å²) in [6, 6.07) is 10.6. The van der Waals surface area contributed by atoms with Crippen molar-refractivity contribution < 1.29 is 14.6 Å². The number of carbonyl (C=O) groups is 1. The fourth-order valence-electron chi connectivity index (χ4n) is 3.54. The number of carboxylic acid groups (broad SMARTS) is 1. The number of nitrogens with zero attached hydrogens (tertiary/aromatic N) is 2. The summed E-state index contributed by atoms with van der Waals surface area (Å²) in [6.07, 6.45) is 1.04. The Kier molecular flexibility index (Phi) is 5.11. The number of aromatic nitrogens is 1. The third-order valence-electron chi connectivity index (χ3n) is 4.86. The van der Waals surface area contributed by atoms with Gasteiger partial charge < -0.3 is 9.84 Å². The van der Waals surface area contributed by atoms with Crippen molar-refractivity contribution in [3.05, 3.63) is 41.6 Å². The Morgan fingerprint density at radius 1 is 1.33 bits per heavy atom. The van der Waals surface area contributed by atoms with Crippen LogP contribution in [0.15, 0.2) is 30.3 Å². The highest BCUT2D eigenvalue weighted by Gasteiger charge is 2.31. The Labute approximate surface area is 142 Å². The van der Waals surface area contributed by atoms with Crippen LogP contribution < -0.4 is 0 Å². The molecule has 24 heavy (non-hydrogen) atoms. The Morgan fingerprint density at radius 3 is 2.75 bits per heavy atom. The van der Waals surface area contributed by atoms with Crippen LogP contribution in [0.4, 0.5) is 0 Å². The maximum atomic E-state index is 11.2. The van der Waals surface area contributed by atoms with E-state index in [2.05, 4.69) is 34.1 Å². The highest BCUT2D eigenvalue weighted by molar-refractivity contribution is 5.79. The topological polar surface area (TPSA) is 62.7 Å². The van der Waals surface area contributed by atoms with Gasteiger partial charge in [0.05, 0.1) is 5.52 Å². The number of pyridine rings is 1. The lowest BCUT2D eigenvalue weighted by Crippen LogP contribution is -2.41. The number of hydrogen-bond donors (Lipinski definition) is 1. The van der Waals surface area contributed by atoms with E-state index in [1.807, 2.05) is 13.0 Å². The Hall–Kier alpha value is -1.98. The molecular formula is C19H24N2O3. The number of carboxylic acids is 1. The van der Waals surface area contributed by atoms with Crippen LogP contribution in [0.1, 0.15) is 24.1 Å². The number of piperidine rings is 1. The number of hydrogen-bond acceptors (Lipinski definition) is 4. The van der Waals surface area contributed by atoms with Crippen molar-refractivity contribution in [1.82, 2.24) is 9.88 Å². The van der Waals surface area contributed by atoms with Crippen molar-refractivity contribution in [2.45, 2.75) is 32.4 Å². The first-order valence-electron chi connectivity index (χ1n) is 8.41. The van der Waals surface area contributed by atoms with Crippen LogP contribution in [-0.2, 0) is 16.1 Å². The summed E-state index contributed by atoms with van der Waals surface area (Å²) in [7, 11) is 1.48. The van der Waals surface area contributed by atoms with Crippen LogP contribution in [0.25, 0.3) is 10.9 Å². The monoisotopic (exact) mass is 328 g/mol. The number of ether oxygens (including phenoxy) is 1. The smallest absolute Gasteiger partial charge is 0.333 e. The van der Waals surface area contributed by atoms with Crippen molar-refractivity contribution >= 4 is 16.9 Å². The van der Waals surface area contributed by atoms with Gasteiger partial charge in [0, 0.05) is 24.7 Å². The molecule has 5 heteroatoms. The molecular weight excluding hydrogens is 304 g/mol. The third kappa shape index (κ3) is 3.74. The standard InChI is InChI=1S/C19H24N2O3/c1-13-3-5-16-11-14(4-6-17(16)20-13)12-21-9-7-15(8-10-21)18(24-2)19(22)23/h3-6,11,15,18H,7-10,12H2,1-2H3,(H,22,23). The van der Waals surface area contributed by atoms with E-state index in [0.717, 1.165) is 43.7 Å². The highest BCUT2D eigenvalue weighted by Crippen LogP contribution is 2.24. The second kappa shape index (κ2) is 7.28. The zero-order valence-electron chi connectivity index (χ0n) is 14.2. The van der Waals surface area contributed by atoms with Crippen molar-refractivity contribution in [1.29, 1.82) is 0 Å². The van der Waals surface area contributed by atoms with Gasteiger partial charge in [-0.1, -0.05) is 12.1 Å². The van der Waals surface area contributed by atoms with Gasteiger partial charge in [0.2, 0.25) is 0 Å². The van der Waals surface area contributed by atoms with Gasteiger partial charge in [0.25, 0.3) is 0 Å². The molecule has 0 spiro atoms. The molecule has 1 aliphatic heterocycles. The van der Waals surface area contributed by atoms with E-state index in [4.69, 9.17) is 4.74 Å². The van der Waals surface area contributed by atoms with E-state index in [9.17, 15) is 9.90 Å². The van der Waals surface area contributed by atoms with E-state index < -0.39 is 12.1 Å². The van der Waals surface area contributed by atoms with Crippen LogP contribution in [0.5, 0.6) is 0 Å². The Balaban J connectivity index is 1.62. The van der Waals surface area contributed by atoms with E-state index in [1.165, 1.54) is 18.1 Å². The molecule has 128 valence electrons. The van der Waals surface area contributed by atoms with Crippen LogP contribution in [0.2, 0.25) is 0 Å². The van der Waals surface area contributed by atoms with Gasteiger partial charge in [0.1, 0.15) is 0 Å². The van der Waals surface area contributed by atoms with Gasteiger partial charge in [-0.25, -0.2) is 4.79 Å². The predicted octanol–water partition coefficient (Wildman–Crippen LogP) is 2.85. The maximum Gasteiger partial charge on any atom is 0.333 e. The van der Waals surface area contributed by atoms with E-state index in [-0.39, 0.29) is 5.92 Å². The van der Waals surface area contributed by atoms with Crippen molar-refractivity contribution in [3.8, 4) is 0 Å². The predicted molar refractivity (Wildman–Crippen MR) is 92.9 cm³/mol. The van der Waals surface area contributed by atoms with Gasteiger partial charge in [-0.3, -0.25) is 9.88 Å². The van der Waals surface area contributed by atoms with Crippen LogP contribution in [0, 0.1) is 12.8 Å². The molecule has 1 N–H and O–H groups in total. The first kappa shape index (κ1) is 16.9. The summed E-state index contributed by atoms with van der Waals surface area (Å²) < 4.78 is 5.14. The summed E-state index contributed by atoms with van der Waals surface area (Å²) in [5, 5.41) is 10.4. The van der Waals surface area contributed by atoms with E-state index >= 15 is 0 Å². The van der Waals surface area contributed by atoms with Crippen LogP contribution >= 0.6 is 0 Å². The number of fused-ring (bicyclic) bond motifs is 1. The molecule has 1 atom stereocenters. The highest BCUT2D eigenvalue weighted by atomic mass is 16.5. The summed E-state index contributed by atoms with van der Waals surface area (Å²) in [5.74, 6) is -0.749. The largest absolute Gasteiger partial charge is 0.479 e. The molecule has 1 aliphatic rings. The molecule has 5 nitrogen and oxygen atoms in total. The third-order valence-corrected chi connectivity index (χ3v) is 4.86. The van der Waals surface area contributed by atoms with Crippen LogP contribution in [-0.4, -0.2) is 47.3 Å². The summed E-state index contributed by atoms with van der Waals surface area (Å²) >= 11 is 0. The fourth-order valence-corrected chi connectivity index (χ4v) is 3.54. The first-order chi connectivity index (χ1) is 11.6. The fraction of sp³-hybridized carbons (Fsp3) is 0.474. The summed E-state index contributed by atoms with van der Waals surface area (Å²) in [5.41, 5.74) is 3.33. The maximum absolute atomic E-state index is 11.2. The van der Waals surface area contributed by atoms with Crippen molar-refractivity contribution in [2.24, 2.45) is 5.92 Å². The number of likely N-dealkylation sites (tertiary alicyclic amines) is 1. The number of aliphatic carboxylic acids is 1. The van der Waals surface area contributed by atoms with Gasteiger partial charge in [-0.15, -0.1) is 0 Å². The molecule has 2 aromatic rings. The van der Waals surface area contributed by atoms with Crippen molar-refractivity contribution in [3.63, 3.8) is 0 Å². The molecule has 0 aliphatic carbocycles. The van der Waals surface area contributed by atoms with E-state index in [1.54, 1.807) is 0 Å². The molecule has 0 radical (unpaired) electrons. The lowest BCUT2D eigenvalue weighted by molar-refractivity contribution is -0.153. The molecule has 1 unspecified atom stereocenters. The SMILES string of the molecule is COC(C(=O)O)C1CCN(Cc2ccc3nc(C)ccc3c2)CC1. The quantitative estimate of drug-likeness (QED) is 0.914. The average molecular weight is 328 g/mol. The van der Waals surface area contributed by atoms with E-state index in [0.29, 0.717) is 0 Å². The molecule has 0 amide bonds. The number of aryl methyl sites for hydroxylation is 1. The Morgan fingerprint density at radius 2 is 2.08 bits per heavy atom. The van der Waals surface area contributed by atoms with Crippen molar-refractivity contribution in [2.75, 3.05) is 20.2 Å². The second-order valence-corrected chi connectivity index (χ2v) is 6.59. The molecule has 1 aromatic carbocycles. The van der Waals surface area contributed by atoms with Gasteiger partial charge in [-0.2, -0.15) is 0 Å². The second-order valence-electron chi connectivity index (χ2n) is 6.59. The minimum atomic E-state index is -0.853.